The second kappa shape index (κ2) is 7.29. The van der Waals surface area contributed by atoms with Gasteiger partial charge in [-0.15, -0.1) is 0 Å². The van der Waals surface area contributed by atoms with Crippen LogP contribution in [0.1, 0.15) is 22.8 Å². The van der Waals surface area contributed by atoms with Crippen molar-refractivity contribution in [3.8, 4) is 17.2 Å². The third-order valence-corrected chi connectivity index (χ3v) is 5.36. The molecule has 0 spiro atoms. The molecule has 0 aliphatic carbocycles. The zero-order valence-electron chi connectivity index (χ0n) is 14.7. The van der Waals surface area contributed by atoms with E-state index in [1.54, 1.807) is 24.3 Å². The van der Waals surface area contributed by atoms with Gasteiger partial charge in [0.05, 0.1) is 5.57 Å². The molecule has 1 heterocycles. The molecule has 0 radical (unpaired) electrons. The molecule has 1 unspecified atom stereocenters. The maximum atomic E-state index is 14.3. The number of hydrogen-bond donors (Lipinski definition) is 2. The Morgan fingerprint density at radius 2 is 1.45 bits per heavy atom. The Bertz CT molecular complexity index is 1090. The fourth-order valence-electron chi connectivity index (χ4n) is 3.39. The molecule has 3 aromatic carbocycles. The normalized spacial score (nSPS) is 16.3. The SMILES string of the molecule is Oc1ccc(C2=C(C(F)(F)F)c3cc(O)ccc3OC2c2ccc(I)cc2)cc1. The predicted molar refractivity (Wildman–Crippen MR) is 112 cm³/mol. The van der Waals surface area contributed by atoms with Crippen LogP contribution >= 0.6 is 22.6 Å². The van der Waals surface area contributed by atoms with Crippen LogP contribution in [0, 0.1) is 3.57 Å². The van der Waals surface area contributed by atoms with Crippen LogP contribution in [0.2, 0.25) is 0 Å². The first kappa shape index (κ1) is 19.6. The lowest BCUT2D eigenvalue weighted by Crippen LogP contribution is -2.23. The zero-order chi connectivity index (χ0) is 20.8. The summed E-state index contributed by atoms with van der Waals surface area (Å²) >= 11 is 2.12. The largest absolute Gasteiger partial charge is 0.508 e. The topological polar surface area (TPSA) is 49.7 Å². The van der Waals surface area contributed by atoms with Crippen LogP contribution in [0.25, 0.3) is 11.1 Å². The van der Waals surface area contributed by atoms with Crippen molar-refractivity contribution in [2.45, 2.75) is 12.3 Å². The van der Waals surface area contributed by atoms with Gasteiger partial charge >= 0.3 is 6.18 Å². The molecule has 0 fully saturated rings. The number of benzene rings is 3. The van der Waals surface area contributed by atoms with Crippen molar-refractivity contribution in [2.24, 2.45) is 0 Å². The molecule has 3 aromatic rings. The van der Waals surface area contributed by atoms with E-state index in [0.717, 1.165) is 9.64 Å². The average Bonchev–Trinajstić information content (AvgIpc) is 2.67. The number of fused-ring (bicyclic) bond motifs is 1. The summed E-state index contributed by atoms with van der Waals surface area (Å²) in [5, 5.41) is 19.4. The minimum absolute atomic E-state index is 0.0428. The molecule has 0 bridgehead atoms. The lowest BCUT2D eigenvalue weighted by Gasteiger charge is -2.33. The fourth-order valence-corrected chi connectivity index (χ4v) is 3.75. The van der Waals surface area contributed by atoms with Gasteiger partial charge in [0.1, 0.15) is 17.2 Å². The summed E-state index contributed by atoms with van der Waals surface area (Å²) in [7, 11) is 0. The van der Waals surface area contributed by atoms with Crippen molar-refractivity contribution in [1.82, 2.24) is 0 Å². The second-order valence-corrected chi connectivity index (χ2v) is 7.81. The van der Waals surface area contributed by atoms with Gasteiger partial charge in [-0.3, -0.25) is 0 Å². The summed E-state index contributed by atoms with van der Waals surface area (Å²) in [5.74, 6) is -0.295. The lowest BCUT2D eigenvalue weighted by atomic mass is 9.85. The molecule has 0 saturated heterocycles. The van der Waals surface area contributed by atoms with E-state index in [4.69, 9.17) is 4.74 Å². The highest BCUT2D eigenvalue weighted by Crippen LogP contribution is 2.52. The van der Waals surface area contributed by atoms with Gasteiger partial charge in [-0.2, -0.15) is 13.2 Å². The molecule has 0 aromatic heterocycles. The Balaban J connectivity index is 2.05. The number of ether oxygens (including phenoxy) is 1. The quantitative estimate of drug-likeness (QED) is 0.398. The first-order chi connectivity index (χ1) is 13.7. The van der Waals surface area contributed by atoms with Crippen LogP contribution in [0.5, 0.6) is 17.2 Å². The molecule has 2 N–H and O–H groups in total. The van der Waals surface area contributed by atoms with Gasteiger partial charge in [0.2, 0.25) is 0 Å². The van der Waals surface area contributed by atoms with E-state index in [1.165, 1.54) is 36.4 Å². The predicted octanol–water partition coefficient (Wildman–Crippen LogP) is 6.31. The third-order valence-electron chi connectivity index (χ3n) is 4.64. The molecular formula is C22H14F3IO3. The monoisotopic (exact) mass is 510 g/mol. The Morgan fingerprint density at radius 1 is 0.828 bits per heavy atom. The number of halogens is 4. The molecule has 4 rings (SSSR count). The van der Waals surface area contributed by atoms with Crippen LogP contribution in [-0.2, 0) is 0 Å². The molecule has 1 atom stereocenters. The number of rotatable bonds is 2. The smallest absolute Gasteiger partial charge is 0.417 e. The molecule has 1 aliphatic rings. The second-order valence-electron chi connectivity index (χ2n) is 6.56. The van der Waals surface area contributed by atoms with Gasteiger partial charge in [0.25, 0.3) is 0 Å². The minimum Gasteiger partial charge on any atom is -0.508 e. The highest BCUT2D eigenvalue weighted by atomic mass is 127. The summed E-state index contributed by atoms with van der Waals surface area (Å²) in [6.07, 6.45) is -5.70. The van der Waals surface area contributed by atoms with E-state index >= 15 is 0 Å². The van der Waals surface area contributed by atoms with Gasteiger partial charge in [-0.25, -0.2) is 0 Å². The van der Waals surface area contributed by atoms with Gasteiger partial charge in [-0.05, 0) is 76.2 Å². The maximum absolute atomic E-state index is 14.3. The van der Waals surface area contributed by atoms with Crippen LogP contribution in [0.15, 0.2) is 66.7 Å². The Hall–Kier alpha value is -2.68. The van der Waals surface area contributed by atoms with E-state index in [9.17, 15) is 23.4 Å². The Labute approximate surface area is 178 Å². The summed E-state index contributed by atoms with van der Waals surface area (Å²) < 4.78 is 49.8. The Kier molecular flexibility index (Phi) is 4.94. The molecule has 0 amide bonds. The third kappa shape index (κ3) is 3.78. The van der Waals surface area contributed by atoms with Crippen molar-refractivity contribution in [3.63, 3.8) is 0 Å². The molecule has 148 valence electrons. The van der Waals surface area contributed by atoms with Gasteiger partial charge in [0.15, 0.2) is 6.10 Å². The molecule has 3 nitrogen and oxygen atoms in total. The van der Waals surface area contributed by atoms with Crippen LogP contribution in [-0.4, -0.2) is 16.4 Å². The number of phenolic OH excluding ortho intramolecular Hbond substituents is 2. The lowest BCUT2D eigenvalue weighted by molar-refractivity contribution is -0.0695. The molecule has 1 aliphatic heterocycles. The minimum atomic E-state index is -4.69. The van der Waals surface area contributed by atoms with Crippen LogP contribution in [0.4, 0.5) is 13.2 Å². The Morgan fingerprint density at radius 3 is 2.07 bits per heavy atom. The highest BCUT2D eigenvalue weighted by molar-refractivity contribution is 14.1. The summed E-state index contributed by atoms with van der Waals surface area (Å²) in [6, 6.07) is 16.3. The molecule has 29 heavy (non-hydrogen) atoms. The van der Waals surface area contributed by atoms with E-state index in [1.807, 2.05) is 0 Å². The number of alkyl halides is 3. The van der Waals surface area contributed by atoms with E-state index in [2.05, 4.69) is 22.6 Å². The number of hydrogen-bond acceptors (Lipinski definition) is 3. The van der Waals surface area contributed by atoms with Crippen LogP contribution < -0.4 is 4.74 Å². The summed E-state index contributed by atoms with van der Waals surface area (Å²) in [5.41, 5.74) is -0.329. The summed E-state index contributed by atoms with van der Waals surface area (Å²) in [6.45, 7) is 0. The van der Waals surface area contributed by atoms with Crippen molar-refractivity contribution in [3.05, 3.63) is 87.0 Å². The van der Waals surface area contributed by atoms with E-state index < -0.39 is 17.9 Å². The average molecular weight is 510 g/mol. The molecular weight excluding hydrogens is 496 g/mol. The van der Waals surface area contributed by atoms with E-state index in [0.29, 0.717) is 5.56 Å². The number of allylic oxidation sites excluding steroid dienone is 1. The van der Waals surface area contributed by atoms with Crippen molar-refractivity contribution in [1.29, 1.82) is 0 Å². The fraction of sp³-hybridized carbons (Fsp3) is 0.0909. The van der Waals surface area contributed by atoms with Gasteiger partial charge in [0, 0.05) is 14.7 Å². The standard InChI is InChI=1S/C22H14F3IO3/c23-22(24,25)20-17-11-16(28)9-10-18(17)29-21(13-1-5-14(26)6-2-13)19(20)12-3-7-15(27)8-4-12/h1-11,21,27-28H. The summed E-state index contributed by atoms with van der Waals surface area (Å²) in [4.78, 5) is 0. The first-order valence-electron chi connectivity index (χ1n) is 8.60. The van der Waals surface area contributed by atoms with Crippen LogP contribution in [0.3, 0.4) is 0 Å². The maximum Gasteiger partial charge on any atom is 0.417 e. The molecule has 0 saturated carbocycles. The number of aromatic hydroxyl groups is 2. The van der Waals surface area contributed by atoms with Crippen molar-refractivity contribution < 1.29 is 28.1 Å². The van der Waals surface area contributed by atoms with Gasteiger partial charge in [-0.1, -0.05) is 24.3 Å². The molecule has 7 heteroatoms. The first-order valence-corrected chi connectivity index (χ1v) is 9.68. The van der Waals surface area contributed by atoms with Gasteiger partial charge < -0.3 is 14.9 Å². The highest BCUT2D eigenvalue weighted by Gasteiger charge is 2.44. The van der Waals surface area contributed by atoms with Crippen molar-refractivity contribution >= 4 is 33.7 Å². The van der Waals surface area contributed by atoms with Crippen molar-refractivity contribution in [2.75, 3.05) is 0 Å². The zero-order valence-corrected chi connectivity index (χ0v) is 16.9. The number of phenols is 2. The van der Waals surface area contributed by atoms with E-state index in [-0.39, 0.29) is 33.9 Å².